The largest absolute Gasteiger partial charge is 0.372 e. The van der Waals surface area contributed by atoms with Gasteiger partial charge in [-0.3, -0.25) is 4.99 Å². The summed E-state index contributed by atoms with van der Waals surface area (Å²) in [4.78, 5) is 7.14. The maximum Gasteiger partial charge on any atom is 0.191 e. The summed E-state index contributed by atoms with van der Waals surface area (Å²) in [6, 6.07) is 9.16. The molecule has 0 saturated carbocycles. The number of anilines is 1. The van der Waals surface area contributed by atoms with Crippen molar-refractivity contribution in [1.82, 2.24) is 10.6 Å². The van der Waals surface area contributed by atoms with Crippen molar-refractivity contribution in [2.45, 2.75) is 52.5 Å². The van der Waals surface area contributed by atoms with E-state index < -0.39 is 0 Å². The predicted molar refractivity (Wildman–Crippen MR) is 116 cm³/mol. The number of nitrogens with one attached hydrogen (secondary N) is 2. The fourth-order valence-corrected chi connectivity index (χ4v) is 2.92. The number of aliphatic imine (C=N–C) groups is 1. The van der Waals surface area contributed by atoms with Crippen LogP contribution >= 0.6 is 24.0 Å². The Morgan fingerprint density at radius 1 is 1.25 bits per heavy atom. The quantitative estimate of drug-likeness (QED) is 0.285. The molecule has 1 aliphatic heterocycles. The predicted octanol–water partition coefficient (Wildman–Crippen LogP) is 4.32. The standard InChI is InChI=1S/C19H32N4.HI/c1-4-6-12-21-19(20-5-2)22-16(3)17-10-9-11-18(15-17)23-13-7-8-14-23;/h9-11,15-16H,4-8,12-14H2,1-3H3,(H2,20,21,22);1H. The van der Waals surface area contributed by atoms with Gasteiger partial charge in [-0.2, -0.15) is 0 Å². The minimum Gasteiger partial charge on any atom is -0.372 e. The lowest BCUT2D eigenvalue weighted by Gasteiger charge is -2.22. The SMILES string of the molecule is CCCCN=C(NCC)NC(C)c1cccc(N2CCCC2)c1.I. The van der Waals surface area contributed by atoms with E-state index in [4.69, 9.17) is 0 Å². The van der Waals surface area contributed by atoms with Gasteiger partial charge in [-0.25, -0.2) is 0 Å². The van der Waals surface area contributed by atoms with Gasteiger partial charge in [0, 0.05) is 31.9 Å². The molecule has 1 atom stereocenters. The van der Waals surface area contributed by atoms with Gasteiger partial charge in [0.2, 0.25) is 0 Å². The van der Waals surface area contributed by atoms with Gasteiger partial charge in [0.1, 0.15) is 0 Å². The van der Waals surface area contributed by atoms with Crippen molar-refractivity contribution < 1.29 is 0 Å². The summed E-state index contributed by atoms with van der Waals surface area (Å²) < 4.78 is 0. The highest BCUT2D eigenvalue weighted by atomic mass is 127. The van der Waals surface area contributed by atoms with Crippen LogP contribution in [0.3, 0.4) is 0 Å². The molecule has 0 amide bonds. The van der Waals surface area contributed by atoms with Gasteiger partial charge in [-0.1, -0.05) is 25.5 Å². The molecule has 1 unspecified atom stereocenters. The number of hydrogen-bond acceptors (Lipinski definition) is 2. The van der Waals surface area contributed by atoms with Crippen molar-refractivity contribution in [3.63, 3.8) is 0 Å². The van der Waals surface area contributed by atoms with E-state index in [1.54, 1.807) is 0 Å². The minimum atomic E-state index is 0. The normalized spacial score (nSPS) is 15.8. The van der Waals surface area contributed by atoms with Crippen LogP contribution in [0.5, 0.6) is 0 Å². The molecule has 5 heteroatoms. The Labute approximate surface area is 164 Å². The van der Waals surface area contributed by atoms with Crippen molar-refractivity contribution >= 4 is 35.6 Å². The van der Waals surface area contributed by atoms with Gasteiger partial charge in [0.05, 0.1) is 6.04 Å². The number of nitrogens with zero attached hydrogens (tertiary/aromatic N) is 2. The fourth-order valence-electron chi connectivity index (χ4n) is 2.92. The van der Waals surface area contributed by atoms with E-state index in [0.29, 0.717) is 0 Å². The van der Waals surface area contributed by atoms with Crippen molar-refractivity contribution in [3.05, 3.63) is 29.8 Å². The van der Waals surface area contributed by atoms with Crippen LogP contribution < -0.4 is 15.5 Å². The molecule has 0 aliphatic carbocycles. The van der Waals surface area contributed by atoms with Crippen molar-refractivity contribution in [3.8, 4) is 0 Å². The van der Waals surface area contributed by atoms with Gasteiger partial charge in [0.25, 0.3) is 0 Å². The van der Waals surface area contributed by atoms with Crippen molar-refractivity contribution in [2.24, 2.45) is 4.99 Å². The molecule has 2 rings (SSSR count). The Kier molecular flexibility index (Phi) is 10.1. The molecule has 0 spiro atoms. The zero-order valence-corrected chi connectivity index (χ0v) is 17.7. The second-order valence-electron chi connectivity index (χ2n) is 6.27. The lowest BCUT2D eigenvalue weighted by atomic mass is 10.1. The number of rotatable bonds is 7. The average molecular weight is 444 g/mol. The molecule has 1 aliphatic rings. The van der Waals surface area contributed by atoms with Crippen LogP contribution in [-0.4, -0.2) is 32.1 Å². The number of halogens is 1. The van der Waals surface area contributed by atoms with E-state index in [2.05, 4.69) is 65.6 Å². The molecule has 2 N–H and O–H groups in total. The van der Waals surface area contributed by atoms with Crippen LogP contribution in [0.25, 0.3) is 0 Å². The molecule has 1 fully saturated rings. The minimum absolute atomic E-state index is 0. The Bertz CT molecular complexity index is 498. The lowest BCUT2D eigenvalue weighted by molar-refractivity contribution is 0.682. The Morgan fingerprint density at radius 2 is 2.00 bits per heavy atom. The smallest absolute Gasteiger partial charge is 0.191 e. The van der Waals surface area contributed by atoms with E-state index in [9.17, 15) is 0 Å². The lowest BCUT2D eigenvalue weighted by Crippen LogP contribution is -2.38. The summed E-state index contributed by atoms with van der Waals surface area (Å²) in [6.07, 6.45) is 4.94. The molecule has 24 heavy (non-hydrogen) atoms. The first-order valence-electron chi connectivity index (χ1n) is 9.14. The molecular formula is C19H33IN4. The van der Waals surface area contributed by atoms with Gasteiger partial charge in [-0.15, -0.1) is 24.0 Å². The maximum absolute atomic E-state index is 4.65. The van der Waals surface area contributed by atoms with Gasteiger partial charge in [-0.05, 0) is 50.8 Å². The third kappa shape index (κ3) is 6.49. The first-order valence-corrected chi connectivity index (χ1v) is 9.14. The highest BCUT2D eigenvalue weighted by molar-refractivity contribution is 14.0. The zero-order valence-electron chi connectivity index (χ0n) is 15.3. The van der Waals surface area contributed by atoms with E-state index in [-0.39, 0.29) is 30.0 Å². The average Bonchev–Trinajstić information content (AvgIpc) is 3.10. The molecule has 4 nitrogen and oxygen atoms in total. The Morgan fingerprint density at radius 3 is 2.67 bits per heavy atom. The molecular weight excluding hydrogens is 411 g/mol. The summed E-state index contributed by atoms with van der Waals surface area (Å²) in [7, 11) is 0. The number of benzene rings is 1. The monoisotopic (exact) mass is 444 g/mol. The van der Waals surface area contributed by atoms with Crippen LogP contribution in [0.1, 0.15) is 58.1 Å². The van der Waals surface area contributed by atoms with Crippen LogP contribution in [0, 0.1) is 0 Å². The molecule has 0 radical (unpaired) electrons. The molecule has 136 valence electrons. The summed E-state index contributed by atoms with van der Waals surface area (Å²) in [5.74, 6) is 0.917. The molecule has 0 bridgehead atoms. The van der Waals surface area contributed by atoms with Gasteiger partial charge in [0.15, 0.2) is 5.96 Å². The summed E-state index contributed by atoms with van der Waals surface area (Å²) in [5, 5.41) is 6.87. The van der Waals surface area contributed by atoms with Gasteiger partial charge >= 0.3 is 0 Å². The van der Waals surface area contributed by atoms with Crippen molar-refractivity contribution in [2.75, 3.05) is 31.1 Å². The second kappa shape index (κ2) is 11.6. The first-order chi connectivity index (χ1) is 11.2. The fraction of sp³-hybridized carbons (Fsp3) is 0.632. The van der Waals surface area contributed by atoms with Crippen LogP contribution in [-0.2, 0) is 0 Å². The Balaban J connectivity index is 0.00000288. The molecule has 1 aromatic carbocycles. The van der Waals surface area contributed by atoms with Crippen LogP contribution in [0.2, 0.25) is 0 Å². The first kappa shape index (κ1) is 21.1. The van der Waals surface area contributed by atoms with Crippen LogP contribution in [0.4, 0.5) is 5.69 Å². The highest BCUT2D eigenvalue weighted by Gasteiger charge is 2.14. The number of guanidine groups is 1. The highest BCUT2D eigenvalue weighted by Crippen LogP contribution is 2.23. The van der Waals surface area contributed by atoms with Gasteiger partial charge < -0.3 is 15.5 Å². The summed E-state index contributed by atoms with van der Waals surface area (Å²) in [6.45, 7) is 10.7. The number of unbranched alkanes of at least 4 members (excludes halogenated alkanes) is 1. The van der Waals surface area contributed by atoms with E-state index in [0.717, 1.165) is 25.5 Å². The third-order valence-electron chi connectivity index (χ3n) is 4.32. The molecule has 1 aromatic rings. The topological polar surface area (TPSA) is 39.7 Å². The summed E-state index contributed by atoms with van der Waals surface area (Å²) >= 11 is 0. The van der Waals surface area contributed by atoms with Crippen LogP contribution in [0.15, 0.2) is 29.3 Å². The molecule has 0 aromatic heterocycles. The van der Waals surface area contributed by atoms with E-state index in [1.165, 1.54) is 43.6 Å². The molecule has 1 heterocycles. The third-order valence-corrected chi connectivity index (χ3v) is 4.32. The maximum atomic E-state index is 4.65. The van der Waals surface area contributed by atoms with Crippen molar-refractivity contribution in [1.29, 1.82) is 0 Å². The number of hydrogen-bond donors (Lipinski definition) is 2. The zero-order chi connectivity index (χ0) is 16.5. The van der Waals surface area contributed by atoms with E-state index in [1.807, 2.05) is 0 Å². The van der Waals surface area contributed by atoms with E-state index >= 15 is 0 Å². The Hall–Kier alpha value is -0.980. The molecule has 1 saturated heterocycles. The summed E-state index contributed by atoms with van der Waals surface area (Å²) in [5.41, 5.74) is 2.66. The second-order valence-corrected chi connectivity index (χ2v) is 6.27.